The third kappa shape index (κ3) is 5.12. The van der Waals surface area contributed by atoms with Crippen molar-refractivity contribution in [1.82, 2.24) is 24.9 Å². The van der Waals surface area contributed by atoms with Crippen LogP contribution in [-0.2, 0) is 11.2 Å². The zero-order valence-corrected chi connectivity index (χ0v) is 19.8. The van der Waals surface area contributed by atoms with Crippen LogP contribution in [0.5, 0.6) is 0 Å². The summed E-state index contributed by atoms with van der Waals surface area (Å²) in [5.74, 6) is 2.33. The average molecular weight is 461 g/mol. The Balaban J connectivity index is 1.22. The standard InChI is InChI=1S/C26H32N6O2/c1-20(33)30-15-17-32(18-16-30)24-19-22(11-12-27-24)25-28-26(34-29-25)23-10-6-14-31(23)13-5-9-21-7-3-2-4-8-21/h2-4,7-8,11-12,19,23H,5-6,9-10,13-18H2,1H3. The number of carbonyl (C=O) groups excluding carboxylic acids is 1. The molecule has 0 aliphatic carbocycles. The Morgan fingerprint density at radius 2 is 1.91 bits per heavy atom. The number of rotatable bonds is 7. The van der Waals surface area contributed by atoms with Gasteiger partial charge in [-0.05, 0) is 56.5 Å². The quantitative estimate of drug-likeness (QED) is 0.533. The number of hydrogen-bond donors (Lipinski definition) is 0. The summed E-state index contributed by atoms with van der Waals surface area (Å²) in [4.78, 5) is 27.5. The van der Waals surface area contributed by atoms with E-state index in [1.807, 2.05) is 17.0 Å². The molecule has 1 atom stereocenters. The lowest BCUT2D eigenvalue weighted by Gasteiger charge is -2.34. The maximum absolute atomic E-state index is 11.6. The summed E-state index contributed by atoms with van der Waals surface area (Å²) in [6.07, 6.45) is 6.20. The average Bonchev–Trinajstić information content (AvgIpc) is 3.55. The predicted molar refractivity (Wildman–Crippen MR) is 130 cm³/mol. The minimum atomic E-state index is 0.127. The van der Waals surface area contributed by atoms with Crippen molar-refractivity contribution in [3.8, 4) is 11.4 Å². The van der Waals surface area contributed by atoms with Gasteiger partial charge in [0.05, 0.1) is 6.04 Å². The van der Waals surface area contributed by atoms with Gasteiger partial charge in [-0.2, -0.15) is 4.98 Å². The third-order valence-corrected chi connectivity index (χ3v) is 6.90. The van der Waals surface area contributed by atoms with Crippen LogP contribution in [0.25, 0.3) is 11.4 Å². The van der Waals surface area contributed by atoms with Gasteiger partial charge in [0.2, 0.25) is 17.6 Å². The fraction of sp³-hybridized carbons (Fsp3) is 0.462. The van der Waals surface area contributed by atoms with Gasteiger partial charge in [-0.15, -0.1) is 0 Å². The van der Waals surface area contributed by atoms with E-state index in [1.54, 1.807) is 13.1 Å². The number of piperazine rings is 1. The van der Waals surface area contributed by atoms with Crippen molar-refractivity contribution in [2.75, 3.05) is 44.2 Å². The minimum Gasteiger partial charge on any atom is -0.353 e. The molecule has 0 saturated carbocycles. The fourth-order valence-corrected chi connectivity index (χ4v) is 4.97. The molecule has 4 heterocycles. The monoisotopic (exact) mass is 460 g/mol. The summed E-state index contributed by atoms with van der Waals surface area (Å²) in [6.45, 7) is 6.70. The van der Waals surface area contributed by atoms with Crippen LogP contribution in [0.1, 0.15) is 43.7 Å². The number of amides is 1. The van der Waals surface area contributed by atoms with Gasteiger partial charge in [0, 0.05) is 44.9 Å². The Kier molecular flexibility index (Phi) is 6.85. The maximum atomic E-state index is 11.6. The van der Waals surface area contributed by atoms with E-state index in [9.17, 15) is 4.79 Å². The lowest BCUT2D eigenvalue weighted by molar-refractivity contribution is -0.129. The normalized spacial score (nSPS) is 19.0. The third-order valence-electron chi connectivity index (χ3n) is 6.90. The van der Waals surface area contributed by atoms with Gasteiger partial charge in [0.15, 0.2) is 0 Å². The van der Waals surface area contributed by atoms with Crippen LogP contribution in [0.15, 0.2) is 53.2 Å². The summed E-state index contributed by atoms with van der Waals surface area (Å²) >= 11 is 0. The van der Waals surface area contributed by atoms with Crippen molar-refractivity contribution in [2.24, 2.45) is 0 Å². The zero-order valence-electron chi connectivity index (χ0n) is 19.8. The van der Waals surface area contributed by atoms with Crippen LogP contribution in [0, 0.1) is 0 Å². The van der Waals surface area contributed by atoms with Gasteiger partial charge in [0.25, 0.3) is 0 Å². The van der Waals surface area contributed by atoms with E-state index >= 15 is 0 Å². The maximum Gasteiger partial charge on any atom is 0.244 e. The minimum absolute atomic E-state index is 0.127. The molecule has 5 rings (SSSR count). The predicted octanol–water partition coefficient (Wildman–Crippen LogP) is 3.57. The molecule has 2 aromatic heterocycles. The smallest absolute Gasteiger partial charge is 0.244 e. The Morgan fingerprint density at radius 3 is 2.71 bits per heavy atom. The Labute approximate surface area is 200 Å². The van der Waals surface area contributed by atoms with Crippen LogP contribution in [0.4, 0.5) is 5.82 Å². The van der Waals surface area contributed by atoms with Gasteiger partial charge >= 0.3 is 0 Å². The summed E-state index contributed by atoms with van der Waals surface area (Å²) < 4.78 is 5.74. The van der Waals surface area contributed by atoms with Gasteiger partial charge in [-0.3, -0.25) is 9.69 Å². The summed E-state index contributed by atoms with van der Waals surface area (Å²) in [5.41, 5.74) is 2.29. The number of nitrogens with zero attached hydrogens (tertiary/aromatic N) is 6. The fourth-order valence-electron chi connectivity index (χ4n) is 4.97. The number of aromatic nitrogens is 3. The van der Waals surface area contributed by atoms with Crippen LogP contribution in [0.2, 0.25) is 0 Å². The Morgan fingerprint density at radius 1 is 1.09 bits per heavy atom. The van der Waals surface area contributed by atoms with E-state index in [0.29, 0.717) is 11.7 Å². The Hall–Kier alpha value is -3.26. The van der Waals surface area contributed by atoms with Crippen molar-refractivity contribution in [2.45, 2.75) is 38.6 Å². The first-order valence-corrected chi connectivity index (χ1v) is 12.3. The molecule has 0 bridgehead atoms. The molecule has 2 saturated heterocycles. The first-order chi connectivity index (χ1) is 16.7. The van der Waals surface area contributed by atoms with Crippen molar-refractivity contribution in [3.05, 3.63) is 60.1 Å². The van der Waals surface area contributed by atoms with Crippen molar-refractivity contribution in [1.29, 1.82) is 0 Å². The van der Waals surface area contributed by atoms with Crippen LogP contribution in [0.3, 0.4) is 0 Å². The first kappa shape index (κ1) is 22.5. The second kappa shape index (κ2) is 10.3. The number of pyridine rings is 1. The number of carbonyl (C=O) groups is 1. The highest BCUT2D eigenvalue weighted by molar-refractivity contribution is 5.73. The highest BCUT2D eigenvalue weighted by Crippen LogP contribution is 2.32. The molecule has 2 aliphatic heterocycles. The molecular formula is C26H32N6O2. The second-order valence-corrected chi connectivity index (χ2v) is 9.14. The molecule has 0 radical (unpaired) electrons. The lowest BCUT2D eigenvalue weighted by atomic mass is 10.1. The van der Waals surface area contributed by atoms with E-state index in [-0.39, 0.29) is 11.9 Å². The summed E-state index contributed by atoms with van der Waals surface area (Å²) in [7, 11) is 0. The van der Waals surface area contributed by atoms with E-state index in [2.05, 4.69) is 50.3 Å². The largest absolute Gasteiger partial charge is 0.353 e. The van der Waals surface area contributed by atoms with Crippen LogP contribution < -0.4 is 4.90 Å². The van der Waals surface area contributed by atoms with Crippen LogP contribution >= 0.6 is 0 Å². The highest BCUT2D eigenvalue weighted by Gasteiger charge is 2.30. The topological polar surface area (TPSA) is 78.6 Å². The van der Waals surface area contributed by atoms with E-state index < -0.39 is 0 Å². The first-order valence-electron chi connectivity index (χ1n) is 12.3. The highest BCUT2D eigenvalue weighted by atomic mass is 16.5. The number of benzene rings is 1. The van der Waals surface area contributed by atoms with Gasteiger partial charge in [-0.25, -0.2) is 4.98 Å². The molecule has 2 fully saturated rings. The molecule has 3 aromatic rings. The number of hydrogen-bond acceptors (Lipinski definition) is 7. The van der Waals surface area contributed by atoms with Gasteiger partial charge in [0.1, 0.15) is 5.82 Å². The molecule has 0 spiro atoms. The lowest BCUT2D eigenvalue weighted by Crippen LogP contribution is -2.48. The molecule has 178 valence electrons. The molecule has 8 heteroatoms. The summed E-state index contributed by atoms with van der Waals surface area (Å²) in [6, 6.07) is 14.8. The molecular weight excluding hydrogens is 428 g/mol. The molecule has 8 nitrogen and oxygen atoms in total. The molecule has 1 aromatic carbocycles. The molecule has 1 amide bonds. The van der Waals surface area contributed by atoms with Crippen molar-refractivity contribution < 1.29 is 9.32 Å². The van der Waals surface area contributed by atoms with Crippen molar-refractivity contribution >= 4 is 11.7 Å². The number of likely N-dealkylation sites (tertiary alicyclic amines) is 1. The molecule has 0 N–H and O–H groups in total. The zero-order chi connectivity index (χ0) is 23.3. The Bertz CT molecular complexity index is 1090. The summed E-state index contributed by atoms with van der Waals surface area (Å²) in [5, 5.41) is 4.30. The van der Waals surface area contributed by atoms with Gasteiger partial charge in [-0.1, -0.05) is 35.5 Å². The SMILES string of the molecule is CC(=O)N1CCN(c2cc(-c3noc(C4CCCN4CCCc4ccccc4)n3)ccn2)CC1. The number of aryl methyl sites for hydroxylation is 1. The van der Waals surface area contributed by atoms with Gasteiger partial charge < -0.3 is 14.3 Å². The number of anilines is 1. The molecule has 2 aliphatic rings. The molecule has 1 unspecified atom stereocenters. The van der Waals surface area contributed by atoms with E-state index in [1.165, 1.54) is 5.56 Å². The van der Waals surface area contributed by atoms with E-state index in [4.69, 9.17) is 9.51 Å². The molecule has 34 heavy (non-hydrogen) atoms. The van der Waals surface area contributed by atoms with Crippen molar-refractivity contribution in [3.63, 3.8) is 0 Å². The van der Waals surface area contributed by atoms with Crippen LogP contribution in [-0.4, -0.2) is 70.1 Å². The second-order valence-electron chi connectivity index (χ2n) is 9.14. The van der Waals surface area contributed by atoms with E-state index in [0.717, 1.165) is 76.3 Å².